The number of carbonyl (C=O) groups is 4. The Labute approximate surface area is 342 Å². The van der Waals surface area contributed by atoms with Crippen LogP contribution in [0.15, 0.2) is 60.8 Å². The van der Waals surface area contributed by atoms with E-state index in [1.165, 1.54) is 14.2 Å². The number of aromatic amines is 2. The molecule has 4 aliphatic rings. The summed E-state index contributed by atoms with van der Waals surface area (Å²) in [6.07, 6.45) is 5.34. The Morgan fingerprint density at radius 1 is 0.729 bits per heavy atom. The molecule has 8 atom stereocenters. The molecule has 59 heavy (non-hydrogen) atoms. The zero-order chi connectivity index (χ0) is 41.3. The van der Waals surface area contributed by atoms with Crippen molar-refractivity contribution in [2.45, 2.75) is 96.1 Å². The first-order valence-corrected chi connectivity index (χ1v) is 20.8. The molecule has 3 aromatic carbocycles. The molecule has 14 nitrogen and oxygen atoms in total. The van der Waals surface area contributed by atoms with Crippen LogP contribution in [0.1, 0.15) is 83.5 Å². The third-order valence-electron chi connectivity index (χ3n) is 13.2. The van der Waals surface area contributed by atoms with Gasteiger partial charge >= 0.3 is 12.2 Å². The van der Waals surface area contributed by atoms with Crippen molar-refractivity contribution in [2.24, 2.45) is 23.7 Å². The summed E-state index contributed by atoms with van der Waals surface area (Å²) in [7, 11) is 2.61. The number of benzene rings is 3. The molecule has 0 radical (unpaired) electrons. The van der Waals surface area contributed by atoms with Gasteiger partial charge in [0.1, 0.15) is 23.7 Å². The van der Waals surface area contributed by atoms with Crippen molar-refractivity contribution in [1.29, 1.82) is 0 Å². The van der Waals surface area contributed by atoms with E-state index in [1.807, 2.05) is 49.8 Å². The van der Waals surface area contributed by atoms with Crippen LogP contribution in [0.25, 0.3) is 44.2 Å². The third-order valence-corrected chi connectivity index (χ3v) is 13.2. The summed E-state index contributed by atoms with van der Waals surface area (Å²) < 4.78 is 9.65. The van der Waals surface area contributed by atoms with Gasteiger partial charge < -0.3 is 39.9 Å². The number of ether oxygens (including phenoxy) is 2. The van der Waals surface area contributed by atoms with Gasteiger partial charge in [-0.2, -0.15) is 0 Å². The zero-order valence-electron chi connectivity index (χ0n) is 34.3. The molecule has 4 heterocycles. The van der Waals surface area contributed by atoms with Gasteiger partial charge in [-0.05, 0) is 90.0 Å². The molecule has 2 saturated heterocycles. The molecule has 0 unspecified atom stereocenters. The Morgan fingerprint density at radius 2 is 1.39 bits per heavy atom. The smallest absolute Gasteiger partial charge is 0.407 e. The number of piperidine rings is 2. The first-order chi connectivity index (χ1) is 28.4. The number of carbonyl (C=O) groups excluding carboxylic acids is 4. The van der Waals surface area contributed by atoms with E-state index in [4.69, 9.17) is 19.4 Å². The number of hydrogen-bond acceptors (Lipinski definition) is 8. The van der Waals surface area contributed by atoms with Crippen LogP contribution in [0, 0.1) is 23.7 Å². The molecule has 2 saturated carbocycles. The van der Waals surface area contributed by atoms with Crippen molar-refractivity contribution < 1.29 is 28.7 Å². The quantitative estimate of drug-likeness (QED) is 0.114. The minimum absolute atomic E-state index is 0.0913. The first kappa shape index (κ1) is 38.6. The maximum absolute atomic E-state index is 14.1. The van der Waals surface area contributed by atoms with Crippen LogP contribution >= 0.6 is 0 Å². The molecule has 2 bridgehead atoms. The van der Waals surface area contributed by atoms with Gasteiger partial charge in [0.2, 0.25) is 11.8 Å². The number of H-pyrrole nitrogens is 2. The normalized spacial score (nSPS) is 24.1. The van der Waals surface area contributed by atoms with Gasteiger partial charge in [0.05, 0.1) is 49.2 Å². The average Bonchev–Trinajstić information content (AvgIpc) is 3.86. The monoisotopic (exact) mass is 800 g/mol. The molecule has 9 rings (SSSR count). The Balaban J connectivity index is 0.932. The fourth-order valence-electron chi connectivity index (χ4n) is 10.0. The number of fused-ring (bicyclic) bond motifs is 6. The second-order valence-electron chi connectivity index (χ2n) is 17.5. The molecule has 2 aliphatic carbocycles. The van der Waals surface area contributed by atoms with E-state index >= 15 is 0 Å². The summed E-state index contributed by atoms with van der Waals surface area (Å²) in [5, 5.41) is 7.64. The van der Waals surface area contributed by atoms with Crippen LogP contribution in [-0.2, 0) is 19.1 Å². The van der Waals surface area contributed by atoms with Gasteiger partial charge in [-0.3, -0.25) is 9.59 Å². The lowest BCUT2D eigenvalue weighted by atomic mass is 9.95. The number of imidazole rings is 2. The standard InChI is InChI=1S/C45H52N8O6/c1-22(2)36(50-44(56)58-5)42(54)52-30-14-11-28(18-30)39(52)41-47-32-16-13-27-17-26(12-15-31(27)38(32)49-41)24-7-9-25(10-8-24)33-21-46-40(48-33)35-20-29-19-34(29)53(35)43(55)37(23(3)4)51-45(57)59-6/h7-10,12-13,15-17,21-23,28-30,34-37,39H,11,14,18-20H2,1-6H3,(H,46,48)(H,47,49)(H,50,56)(H,51,57)/t28-,29+,30+,34+,35-,36-,37-,39-/m0/s1. The molecule has 4 fully saturated rings. The van der Waals surface area contributed by atoms with Crippen LogP contribution in [0.3, 0.4) is 0 Å². The average molecular weight is 801 g/mol. The van der Waals surface area contributed by atoms with E-state index in [2.05, 4.69) is 69.1 Å². The van der Waals surface area contributed by atoms with Crippen molar-refractivity contribution >= 4 is 45.8 Å². The van der Waals surface area contributed by atoms with E-state index in [-0.39, 0.29) is 47.8 Å². The Morgan fingerprint density at radius 3 is 2.07 bits per heavy atom. The van der Waals surface area contributed by atoms with Gasteiger partial charge in [-0.25, -0.2) is 19.6 Å². The summed E-state index contributed by atoms with van der Waals surface area (Å²) in [6.45, 7) is 7.71. The molecular formula is C45H52N8O6. The third kappa shape index (κ3) is 6.85. The number of likely N-dealkylation sites (tertiary alicyclic amines) is 2. The Kier molecular flexibility index (Phi) is 9.83. The summed E-state index contributed by atoms with van der Waals surface area (Å²) in [5.41, 5.74) is 5.81. The number of amides is 4. The SMILES string of the molecule is COC(=O)N[C@H](C(=O)N1[C@@H]2CC[C@@H](C2)[C@H]1c1nc2ccc3cc(-c4ccc(-c5cnc([C@@H]6C[C@H]7C[C@H]7N6C(=O)[C@@H](NC(=O)OC)C(C)C)[nH]5)cc4)ccc3c2[nH]1)C(C)C. The minimum atomic E-state index is -0.689. The Bertz CT molecular complexity index is 2440. The number of alkyl carbamates (subject to hydrolysis) is 2. The van der Waals surface area contributed by atoms with E-state index in [1.54, 1.807) is 0 Å². The Hall–Kier alpha value is -5.92. The number of nitrogens with zero attached hydrogens (tertiary/aromatic N) is 4. The predicted molar refractivity (Wildman–Crippen MR) is 222 cm³/mol. The highest BCUT2D eigenvalue weighted by molar-refractivity contribution is 6.05. The molecule has 2 aliphatic heterocycles. The number of methoxy groups -OCH3 is 2. The van der Waals surface area contributed by atoms with Crippen LogP contribution in [0.5, 0.6) is 0 Å². The van der Waals surface area contributed by atoms with Crippen molar-refractivity contribution in [3.05, 3.63) is 72.4 Å². The van der Waals surface area contributed by atoms with Gasteiger partial charge in [-0.1, -0.05) is 70.2 Å². The molecule has 5 aromatic rings. The van der Waals surface area contributed by atoms with Gasteiger partial charge in [-0.15, -0.1) is 0 Å². The van der Waals surface area contributed by atoms with Crippen LogP contribution in [0.4, 0.5) is 9.59 Å². The number of aromatic nitrogens is 4. The lowest BCUT2D eigenvalue weighted by Crippen LogP contribution is -2.54. The van der Waals surface area contributed by atoms with E-state index in [0.717, 1.165) is 87.9 Å². The number of nitrogens with one attached hydrogen (secondary N) is 4. The number of hydrogen-bond donors (Lipinski definition) is 4. The van der Waals surface area contributed by atoms with Crippen LogP contribution in [-0.4, -0.2) is 92.1 Å². The maximum Gasteiger partial charge on any atom is 0.407 e. The minimum Gasteiger partial charge on any atom is -0.453 e. The molecule has 0 spiro atoms. The van der Waals surface area contributed by atoms with Crippen molar-refractivity contribution in [3.63, 3.8) is 0 Å². The lowest BCUT2D eigenvalue weighted by Gasteiger charge is -2.37. The van der Waals surface area contributed by atoms with Crippen LogP contribution in [0.2, 0.25) is 0 Å². The second-order valence-corrected chi connectivity index (χ2v) is 17.5. The summed E-state index contributed by atoms with van der Waals surface area (Å²) in [5.74, 6) is 1.89. The van der Waals surface area contributed by atoms with Crippen molar-refractivity contribution in [3.8, 4) is 22.4 Å². The largest absolute Gasteiger partial charge is 0.453 e. The van der Waals surface area contributed by atoms with Gasteiger partial charge in [0.15, 0.2) is 0 Å². The first-order valence-electron chi connectivity index (χ1n) is 20.8. The second kappa shape index (κ2) is 15.0. The molecule has 4 N–H and O–H groups in total. The molecule has 308 valence electrons. The van der Waals surface area contributed by atoms with E-state index in [9.17, 15) is 19.2 Å². The van der Waals surface area contributed by atoms with Crippen molar-refractivity contribution in [2.75, 3.05) is 14.2 Å². The molecule has 14 heteroatoms. The summed E-state index contributed by atoms with van der Waals surface area (Å²) in [4.78, 5) is 73.0. The maximum atomic E-state index is 14.1. The van der Waals surface area contributed by atoms with Crippen LogP contribution < -0.4 is 10.6 Å². The molecule has 2 aromatic heterocycles. The van der Waals surface area contributed by atoms with E-state index < -0.39 is 24.3 Å². The fraction of sp³-hybridized carbons (Fsp3) is 0.467. The summed E-state index contributed by atoms with van der Waals surface area (Å²) >= 11 is 0. The fourth-order valence-corrected chi connectivity index (χ4v) is 10.0. The highest BCUT2D eigenvalue weighted by atomic mass is 16.5. The summed E-state index contributed by atoms with van der Waals surface area (Å²) in [6, 6.07) is 17.5. The lowest BCUT2D eigenvalue weighted by molar-refractivity contribution is -0.139. The highest BCUT2D eigenvalue weighted by Crippen LogP contribution is 2.54. The topological polar surface area (TPSA) is 175 Å². The molecule has 4 amide bonds. The van der Waals surface area contributed by atoms with Gasteiger partial charge in [0, 0.05) is 17.5 Å². The number of rotatable bonds is 10. The predicted octanol–water partition coefficient (Wildman–Crippen LogP) is 7.25. The molecular weight excluding hydrogens is 749 g/mol. The highest BCUT2D eigenvalue weighted by Gasteiger charge is 2.56. The van der Waals surface area contributed by atoms with E-state index in [0.29, 0.717) is 11.8 Å². The van der Waals surface area contributed by atoms with Gasteiger partial charge in [0.25, 0.3) is 0 Å². The zero-order valence-corrected chi connectivity index (χ0v) is 34.3. The van der Waals surface area contributed by atoms with Crippen molar-refractivity contribution in [1.82, 2.24) is 40.4 Å².